The zero-order valence-corrected chi connectivity index (χ0v) is 16.3. The Morgan fingerprint density at radius 3 is 2.35 bits per heavy atom. The summed E-state index contributed by atoms with van der Waals surface area (Å²) in [7, 11) is 0. The van der Waals surface area contributed by atoms with Gasteiger partial charge in [-0.05, 0) is 64.3 Å². The third-order valence-electron chi connectivity index (χ3n) is 4.11. The largest absolute Gasteiger partial charge is 0.490 e. The molecule has 2 rings (SSSR count). The van der Waals surface area contributed by atoms with E-state index in [0.717, 1.165) is 17.4 Å². The van der Waals surface area contributed by atoms with Gasteiger partial charge < -0.3 is 23.9 Å². The van der Waals surface area contributed by atoms with Gasteiger partial charge >= 0.3 is 6.09 Å². The van der Waals surface area contributed by atoms with Crippen LogP contribution < -0.4 is 9.47 Å². The maximum atomic E-state index is 12.6. The third kappa shape index (κ3) is 4.68. The number of fused-ring (bicyclic) bond motifs is 1. The Bertz CT molecular complexity index is 650. The Labute approximate surface area is 155 Å². The number of ether oxygens (including phenoxy) is 3. The van der Waals surface area contributed by atoms with Crippen LogP contribution in [0.2, 0.25) is 0 Å². The van der Waals surface area contributed by atoms with E-state index >= 15 is 0 Å². The Morgan fingerprint density at radius 2 is 1.81 bits per heavy atom. The predicted octanol–water partition coefficient (Wildman–Crippen LogP) is 3.91. The fourth-order valence-corrected chi connectivity index (χ4v) is 3.13. The Morgan fingerprint density at radius 1 is 1.19 bits per heavy atom. The lowest BCUT2D eigenvalue weighted by molar-refractivity contribution is -0.109. The van der Waals surface area contributed by atoms with E-state index in [1.165, 1.54) is 0 Å². The molecule has 0 bridgehead atoms. The molecule has 0 spiro atoms. The van der Waals surface area contributed by atoms with Gasteiger partial charge in [0.2, 0.25) is 0 Å². The molecule has 0 saturated heterocycles. The van der Waals surface area contributed by atoms with Gasteiger partial charge in [0, 0.05) is 13.0 Å². The summed E-state index contributed by atoms with van der Waals surface area (Å²) in [5.41, 5.74) is 1.41. The number of rotatable bonds is 6. The summed E-state index contributed by atoms with van der Waals surface area (Å²) in [5.74, 6) is 1.33. The molecule has 6 heteroatoms. The SMILES string of the molecule is CCOc1cc2c(cc1OCC)[C@@H](CC=O)N(C(=O)OC(C)(C)C)CC2. The maximum absolute atomic E-state index is 12.6. The topological polar surface area (TPSA) is 65.1 Å². The molecule has 144 valence electrons. The molecular formula is C20H29NO5. The molecule has 0 aliphatic carbocycles. The number of hydrogen-bond donors (Lipinski definition) is 0. The first kappa shape index (κ1) is 20.1. The number of nitrogens with zero attached hydrogens (tertiary/aromatic N) is 1. The Hall–Kier alpha value is -2.24. The molecule has 0 radical (unpaired) electrons. The van der Waals surface area contributed by atoms with Crippen LogP contribution in [0, 0.1) is 0 Å². The van der Waals surface area contributed by atoms with E-state index in [9.17, 15) is 9.59 Å². The average Bonchev–Trinajstić information content (AvgIpc) is 2.55. The van der Waals surface area contributed by atoms with Crippen molar-refractivity contribution in [3.63, 3.8) is 0 Å². The number of carbonyl (C=O) groups is 2. The summed E-state index contributed by atoms with van der Waals surface area (Å²) in [6, 6.07) is 3.50. The van der Waals surface area contributed by atoms with Crippen LogP contribution in [-0.2, 0) is 16.0 Å². The molecule has 0 aromatic heterocycles. The summed E-state index contributed by atoms with van der Waals surface area (Å²) in [6.45, 7) is 10.9. The van der Waals surface area contributed by atoms with Gasteiger partial charge in [-0.1, -0.05) is 0 Å². The highest BCUT2D eigenvalue weighted by atomic mass is 16.6. The van der Waals surface area contributed by atoms with Crippen LogP contribution in [0.1, 0.15) is 58.2 Å². The molecule has 1 heterocycles. The van der Waals surface area contributed by atoms with E-state index in [4.69, 9.17) is 14.2 Å². The number of hydrogen-bond acceptors (Lipinski definition) is 5. The van der Waals surface area contributed by atoms with Crippen LogP contribution in [0.25, 0.3) is 0 Å². The maximum Gasteiger partial charge on any atom is 0.410 e. The Balaban J connectivity index is 2.41. The van der Waals surface area contributed by atoms with Crippen LogP contribution >= 0.6 is 0 Å². The summed E-state index contributed by atoms with van der Waals surface area (Å²) in [5, 5.41) is 0. The highest BCUT2D eigenvalue weighted by Gasteiger charge is 2.34. The second kappa shape index (κ2) is 8.43. The summed E-state index contributed by atoms with van der Waals surface area (Å²) in [6.07, 6.45) is 1.33. The van der Waals surface area contributed by atoms with Gasteiger partial charge in [-0.25, -0.2) is 4.79 Å². The van der Waals surface area contributed by atoms with E-state index in [2.05, 4.69) is 0 Å². The zero-order valence-electron chi connectivity index (χ0n) is 16.3. The van der Waals surface area contributed by atoms with E-state index < -0.39 is 11.7 Å². The van der Waals surface area contributed by atoms with Crippen LogP contribution in [0.4, 0.5) is 4.79 Å². The van der Waals surface area contributed by atoms with E-state index in [1.807, 2.05) is 46.8 Å². The van der Waals surface area contributed by atoms with Gasteiger partial charge in [0.15, 0.2) is 11.5 Å². The minimum absolute atomic E-state index is 0.214. The number of amides is 1. The quantitative estimate of drug-likeness (QED) is 0.717. The molecule has 0 unspecified atom stereocenters. The van der Waals surface area contributed by atoms with Crippen LogP contribution in [-0.4, -0.2) is 42.6 Å². The van der Waals surface area contributed by atoms with E-state index in [0.29, 0.717) is 37.7 Å². The molecule has 1 atom stereocenters. The average molecular weight is 363 g/mol. The van der Waals surface area contributed by atoms with Crippen molar-refractivity contribution in [1.29, 1.82) is 0 Å². The summed E-state index contributed by atoms with van der Waals surface area (Å²) >= 11 is 0. The molecular weight excluding hydrogens is 334 g/mol. The monoisotopic (exact) mass is 363 g/mol. The lowest BCUT2D eigenvalue weighted by Gasteiger charge is -2.37. The van der Waals surface area contributed by atoms with Gasteiger partial charge in [-0.3, -0.25) is 0 Å². The van der Waals surface area contributed by atoms with Crippen molar-refractivity contribution >= 4 is 12.4 Å². The second-order valence-corrected chi connectivity index (χ2v) is 7.21. The van der Waals surface area contributed by atoms with Gasteiger partial charge in [-0.15, -0.1) is 0 Å². The number of carbonyl (C=O) groups excluding carboxylic acids is 2. The molecule has 0 N–H and O–H groups in total. The highest BCUT2D eigenvalue weighted by Crippen LogP contribution is 2.40. The van der Waals surface area contributed by atoms with Crippen molar-refractivity contribution < 1.29 is 23.8 Å². The number of benzene rings is 1. The zero-order chi connectivity index (χ0) is 19.3. The predicted molar refractivity (Wildman–Crippen MR) is 98.8 cm³/mol. The Kier molecular flexibility index (Phi) is 6.51. The molecule has 0 fully saturated rings. The second-order valence-electron chi connectivity index (χ2n) is 7.21. The first-order chi connectivity index (χ1) is 12.3. The molecule has 6 nitrogen and oxygen atoms in total. The number of aldehydes is 1. The fourth-order valence-electron chi connectivity index (χ4n) is 3.13. The van der Waals surface area contributed by atoms with Crippen LogP contribution in [0.3, 0.4) is 0 Å². The molecule has 26 heavy (non-hydrogen) atoms. The normalized spacial score (nSPS) is 16.7. The lowest BCUT2D eigenvalue weighted by atomic mass is 9.90. The minimum Gasteiger partial charge on any atom is -0.490 e. The van der Waals surface area contributed by atoms with Crippen molar-refractivity contribution in [3.8, 4) is 11.5 Å². The smallest absolute Gasteiger partial charge is 0.410 e. The van der Waals surface area contributed by atoms with Crippen molar-refractivity contribution in [2.24, 2.45) is 0 Å². The van der Waals surface area contributed by atoms with Gasteiger partial charge in [-0.2, -0.15) is 0 Å². The highest BCUT2D eigenvalue weighted by molar-refractivity contribution is 5.71. The van der Waals surface area contributed by atoms with Crippen molar-refractivity contribution in [1.82, 2.24) is 4.90 Å². The summed E-state index contributed by atoms with van der Waals surface area (Å²) in [4.78, 5) is 25.5. The standard InChI is InChI=1S/C20H29NO5/c1-6-24-17-12-14-8-10-21(19(23)26-20(3,4)5)16(9-11-22)15(14)13-18(17)25-7-2/h11-13,16H,6-10H2,1-5H3/t16-/m1/s1. The van der Waals surface area contributed by atoms with Gasteiger partial charge in [0.05, 0.1) is 19.3 Å². The third-order valence-corrected chi connectivity index (χ3v) is 4.11. The molecule has 1 aliphatic heterocycles. The minimum atomic E-state index is -0.585. The summed E-state index contributed by atoms with van der Waals surface area (Å²) < 4.78 is 16.9. The molecule has 1 amide bonds. The molecule has 1 aromatic rings. The molecule has 1 aromatic carbocycles. The van der Waals surface area contributed by atoms with E-state index in [1.54, 1.807) is 4.90 Å². The molecule has 0 saturated carbocycles. The first-order valence-electron chi connectivity index (χ1n) is 9.16. The van der Waals surface area contributed by atoms with Crippen molar-refractivity contribution in [2.45, 2.75) is 59.1 Å². The molecule has 1 aliphatic rings. The van der Waals surface area contributed by atoms with Crippen LogP contribution in [0.15, 0.2) is 12.1 Å². The van der Waals surface area contributed by atoms with Gasteiger partial charge in [0.25, 0.3) is 0 Å². The lowest BCUT2D eigenvalue weighted by Crippen LogP contribution is -2.43. The van der Waals surface area contributed by atoms with Gasteiger partial charge in [0.1, 0.15) is 11.9 Å². The van der Waals surface area contributed by atoms with E-state index in [-0.39, 0.29) is 12.5 Å². The van der Waals surface area contributed by atoms with Crippen LogP contribution in [0.5, 0.6) is 11.5 Å². The van der Waals surface area contributed by atoms with Crippen molar-refractivity contribution in [2.75, 3.05) is 19.8 Å². The fraction of sp³-hybridized carbons (Fsp3) is 0.600. The first-order valence-corrected chi connectivity index (χ1v) is 9.16. The van der Waals surface area contributed by atoms with Crippen molar-refractivity contribution in [3.05, 3.63) is 23.3 Å².